The van der Waals surface area contributed by atoms with Crippen LogP contribution >= 0.6 is 0 Å². The van der Waals surface area contributed by atoms with Crippen LogP contribution in [0, 0.1) is 17.5 Å². The molecular weight excluding hydrogens is 339 g/mol. The first-order valence-corrected chi connectivity index (χ1v) is 8.54. The van der Waals surface area contributed by atoms with Crippen molar-refractivity contribution in [2.75, 3.05) is 18.4 Å². The van der Waals surface area contributed by atoms with Crippen molar-refractivity contribution in [2.45, 2.75) is 19.0 Å². The summed E-state index contributed by atoms with van der Waals surface area (Å²) in [6, 6.07) is 9.90. The molecule has 1 atom stereocenters. The zero-order valence-corrected chi connectivity index (χ0v) is 14.1. The van der Waals surface area contributed by atoms with E-state index in [2.05, 4.69) is 16.4 Å². The van der Waals surface area contributed by atoms with E-state index in [1.807, 2.05) is 29.3 Å². The van der Waals surface area contributed by atoms with Crippen LogP contribution in [0.2, 0.25) is 0 Å². The molecule has 1 aromatic heterocycles. The van der Waals surface area contributed by atoms with Gasteiger partial charge in [-0.05, 0) is 36.1 Å². The van der Waals surface area contributed by atoms with Gasteiger partial charge in [0.1, 0.15) is 5.82 Å². The van der Waals surface area contributed by atoms with Crippen molar-refractivity contribution in [1.82, 2.24) is 9.88 Å². The second-order valence-electron chi connectivity index (χ2n) is 6.66. The summed E-state index contributed by atoms with van der Waals surface area (Å²) in [5, 5.41) is 5.67. The molecule has 1 aliphatic heterocycles. The minimum Gasteiger partial charge on any atom is -0.381 e. The van der Waals surface area contributed by atoms with E-state index < -0.39 is 17.5 Å². The molecule has 3 aromatic rings. The Kier molecular flexibility index (Phi) is 4.51. The summed E-state index contributed by atoms with van der Waals surface area (Å²) in [7, 11) is 0. The lowest BCUT2D eigenvalue weighted by atomic mass is 10.1. The van der Waals surface area contributed by atoms with Crippen LogP contribution in [0.25, 0.3) is 10.8 Å². The van der Waals surface area contributed by atoms with Gasteiger partial charge >= 0.3 is 0 Å². The summed E-state index contributed by atoms with van der Waals surface area (Å²) in [4.78, 5) is 6.10. The number of fused-ring (bicyclic) bond motifs is 1. The third kappa shape index (κ3) is 3.51. The summed E-state index contributed by atoms with van der Waals surface area (Å²) in [5.41, 5.74) is 1.07. The molecule has 4 rings (SSSR count). The van der Waals surface area contributed by atoms with Crippen molar-refractivity contribution in [1.29, 1.82) is 0 Å². The lowest BCUT2D eigenvalue weighted by molar-refractivity contribution is 0.319. The van der Waals surface area contributed by atoms with Crippen LogP contribution in [0.15, 0.2) is 48.8 Å². The third-order valence-electron chi connectivity index (χ3n) is 4.75. The molecule has 0 radical (unpaired) electrons. The zero-order valence-electron chi connectivity index (χ0n) is 14.1. The zero-order chi connectivity index (χ0) is 18.1. The predicted molar refractivity (Wildman–Crippen MR) is 95.4 cm³/mol. The van der Waals surface area contributed by atoms with Gasteiger partial charge < -0.3 is 5.32 Å². The average Bonchev–Trinajstić information content (AvgIpc) is 3.06. The molecule has 1 saturated heterocycles. The summed E-state index contributed by atoms with van der Waals surface area (Å²) < 4.78 is 40.5. The lowest BCUT2D eigenvalue weighted by Crippen LogP contribution is -2.26. The number of nitrogens with zero attached hydrogens (tertiary/aromatic N) is 2. The van der Waals surface area contributed by atoms with Crippen molar-refractivity contribution in [3.8, 4) is 0 Å². The molecule has 2 aromatic carbocycles. The molecule has 0 spiro atoms. The molecule has 2 heterocycles. The van der Waals surface area contributed by atoms with Gasteiger partial charge in [-0.3, -0.25) is 9.88 Å². The van der Waals surface area contributed by atoms with Crippen LogP contribution in [0.3, 0.4) is 0 Å². The van der Waals surface area contributed by atoms with Crippen LogP contribution in [0.4, 0.5) is 18.9 Å². The summed E-state index contributed by atoms with van der Waals surface area (Å²) in [6.45, 7) is 1.63. The van der Waals surface area contributed by atoms with Crippen LogP contribution in [-0.4, -0.2) is 29.0 Å². The topological polar surface area (TPSA) is 28.2 Å². The number of aromatic nitrogens is 1. The van der Waals surface area contributed by atoms with E-state index >= 15 is 0 Å². The van der Waals surface area contributed by atoms with Gasteiger partial charge in [-0.1, -0.05) is 6.07 Å². The van der Waals surface area contributed by atoms with Crippen LogP contribution in [0.5, 0.6) is 0 Å². The molecule has 1 aliphatic rings. The highest BCUT2D eigenvalue weighted by atomic mass is 19.2. The molecule has 134 valence electrons. The Balaban J connectivity index is 1.42. The van der Waals surface area contributed by atoms with E-state index in [1.165, 1.54) is 0 Å². The number of rotatable bonds is 4. The number of hydrogen-bond acceptors (Lipinski definition) is 3. The molecule has 0 unspecified atom stereocenters. The molecule has 3 nitrogen and oxygen atoms in total. The quantitative estimate of drug-likeness (QED) is 0.704. The van der Waals surface area contributed by atoms with E-state index in [-0.39, 0.29) is 18.2 Å². The fourth-order valence-electron chi connectivity index (χ4n) is 3.47. The number of anilines is 1. The Bertz CT molecular complexity index is 945. The van der Waals surface area contributed by atoms with Crippen LogP contribution < -0.4 is 5.32 Å². The Morgan fingerprint density at radius 3 is 2.85 bits per heavy atom. The second-order valence-corrected chi connectivity index (χ2v) is 6.66. The maximum Gasteiger partial charge on any atom is 0.163 e. The minimum absolute atomic E-state index is 0.0568. The Morgan fingerprint density at radius 2 is 1.96 bits per heavy atom. The van der Waals surface area contributed by atoms with E-state index in [1.54, 1.807) is 6.20 Å². The normalized spacial score (nSPS) is 17.7. The van der Waals surface area contributed by atoms with Gasteiger partial charge in [-0.25, -0.2) is 13.2 Å². The van der Waals surface area contributed by atoms with E-state index in [0.29, 0.717) is 12.6 Å². The molecule has 0 bridgehead atoms. The van der Waals surface area contributed by atoms with Crippen molar-refractivity contribution >= 4 is 16.5 Å². The van der Waals surface area contributed by atoms with Crippen molar-refractivity contribution < 1.29 is 13.2 Å². The highest BCUT2D eigenvalue weighted by molar-refractivity contribution is 5.84. The van der Waals surface area contributed by atoms with Gasteiger partial charge in [0.2, 0.25) is 0 Å². The molecule has 26 heavy (non-hydrogen) atoms. The summed E-state index contributed by atoms with van der Waals surface area (Å²) in [6.07, 6.45) is 4.47. The number of halogens is 3. The first-order valence-electron chi connectivity index (χ1n) is 8.54. The van der Waals surface area contributed by atoms with Crippen molar-refractivity contribution in [2.24, 2.45) is 0 Å². The standard InChI is InChI=1S/C20H18F3N3/c21-16-7-15(20(23)19(22)9-16)11-26-6-4-18(12-26)25-17-2-1-14-10-24-5-3-13(14)8-17/h1-3,5,7-10,18,25H,4,6,11-12H2/t18-/m1/s1. The van der Waals surface area contributed by atoms with Crippen molar-refractivity contribution in [3.05, 3.63) is 71.8 Å². The van der Waals surface area contributed by atoms with E-state index in [9.17, 15) is 13.2 Å². The SMILES string of the molecule is Fc1cc(F)c(F)c(CN2CC[C@@H](Nc3ccc4cnccc4c3)C2)c1. The Hall–Kier alpha value is -2.60. The average molecular weight is 357 g/mol. The Morgan fingerprint density at radius 1 is 1.08 bits per heavy atom. The monoisotopic (exact) mass is 357 g/mol. The fraction of sp³-hybridized carbons (Fsp3) is 0.250. The molecule has 1 N–H and O–H groups in total. The highest BCUT2D eigenvalue weighted by Gasteiger charge is 2.24. The smallest absolute Gasteiger partial charge is 0.163 e. The molecule has 0 amide bonds. The second kappa shape index (κ2) is 6.96. The van der Waals surface area contributed by atoms with E-state index in [4.69, 9.17) is 0 Å². The molecule has 0 saturated carbocycles. The number of likely N-dealkylation sites (tertiary alicyclic amines) is 1. The fourth-order valence-corrected chi connectivity index (χ4v) is 3.47. The van der Waals surface area contributed by atoms with Crippen LogP contribution in [0.1, 0.15) is 12.0 Å². The summed E-state index contributed by atoms with van der Waals surface area (Å²) >= 11 is 0. The molecular formula is C20H18F3N3. The molecule has 1 fully saturated rings. The lowest BCUT2D eigenvalue weighted by Gasteiger charge is -2.18. The maximum atomic E-state index is 13.8. The minimum atomic E-state index is -1.14. The first kappa shape index (κ1) is 16.8. The van der Waals surface area contributed by atoms with E-state index in [0.717, 1.165) is 35.5 Å². The first-order chi connectivity index (χ1) is 12.6. The van der Waals surface area contributed by atoms with Gasteiger partial charge in [0.15, 0.2) is 11.6 Å². The van der Waals surface area contributed by atoms with Gasteiger partial charge in [-0.15, -0.1) is 0 Å². The summed E-state index contributed by atoms with van der Waals surface area (Å²) in [5.74, 6) is -2.86. The maximum absolute atomic E-state index is 13.8. The van der Waals surface area contributed by atoms with Crippen molar-refractivity contribution in [3.63, 3.8) is 0 Å². The number of nitrogens with one attached hydrogen (secondary N) is 1. The number of hydrogen-bond donors (Lipinski definition) is 1. The van der Waals surface area contributed by atoms with Gasteiger partial charge in [-0.2, -0.15) is 0 Å². The van der Waals surface area contributed by atoms with Gasteiger partial charge in [0.05, 0.1) is 0 Å². The molecule has 6 heteroatoms. The van der Waals surface area contributed by atoms with Gasteiger partial charge in [0.25, 0.3) is 0 Å². The molecule has 0 aliphatic carbocycles. The third-order valence-corrected chi connectivity index (χ3v) is 4.75. The predicted octanol–water partition coefficient (Wildman–Crippen LogP) is 4.34. The number of benzene rings is 2. The highest BCUT2D eigenvalue weighted by Crippen LogP contribution is 2.23. The van der Waals surface area contributed by atoms with Crippen LogP contribution in [-0.2, 0) is 6.54 Å². The largest absolute Gasteiger partial charge is 0.381 e. The number of pyridine rings is 1. The van der Waals surface area contributed by atoms with Gasteiger partial charge in [0, 0.05) is 60.8 Å². The Labute approximate surface area is 149 Å².